The average Bonchev–Trinajstić information content (AvgIpc) is 3.04. The van der Waals surface area contributed by atoms with Gasteiger partial charge in [0.2, 0.25) is 0 Å². The summed E-state index contributed by atoms with van der Waals surface area (Å²) in [6, 6.07) is 27.1. The smallest absolute Gasteiger partial charge is 0.142 e. The second-order valence-electron chi connectivity index (χ2n) is 11.8. The third-order valence-electron chi connectivity index (χ3n) is 8.71. The van der Waals surface area contributed by atoms with Crippen molar-refractivity contribution >= 4 is 35.2 Å². The fraction of sp³-hybridized carbons (Fsp3) is 0.158. The van der Waals surface area contributed by atoms with Gasteiger partial charge in [-0.1, -0.05) is 82.0 Å². The number of aliphatic imine (C=N–C) groups is 1. The van der Waals surface area contributed by atoms with Gasteiger partial charge in [0.05, 0.1) is 28.3 Å². The molecule has 0 saturated carbocycles. The lowest BCUT2D eigenvalue weighted by Crippen LogP contribution is -2.33. The van der Waals surface area contributed by atoms with Gasteiger partial charge < -0.3 is 0 Å². The molecule has 1 aliphatic carbocycles. The first-order valence-corrected chi connectivity index (χ1v) is 14.7. The van der Waals surface area contributed by atoms with E-state index in [0.29, 0.717) is 5.92 Å². The third kappa shape index (κ3) is 4.40. The fourth-order valence-corrected chi connectivity index (χ4v) is 6.44. The Hall–Kier alpha value is -5.16. The molecule has 1 atom stereocenters. The van der Waals surface area contributed by atoms with Crippen LogP contribution in [0.1, 0.15) is 37.5 Å². The number of nitrogens with zero attached hydrogens (tertiary/aromatic N) is 5. The van der Waals surface area contributed by atoms with Gasteiger partial charge in [0.1, 0.15) is 11.6 Å². The van der Waals surface area contributed by atoms with Crippen LogP contribution in [0.25, 0.3) is 39.6 Å². The summed E-state index contributed by atoms with van der Waals surface area (Å²) in [7, 11) is 0. The van der Waals surface area contributed by atoms with E-state index < -0.39 is 0 Å². The van der Waals surface area contributed by atoms with Crippen LogP contribution in [0.2, 0.25) is 0 Å². The number of aromatic nitrogens is 3. The maximum absolute atomic E-state index is 5.16. The van der Waals surface area contributed by atoms with Crippen molar-refractivity contribution in [3.8, 4) is 22.6 Å². The zero-order valence-corrected chi connectivity index (χ0v) is 24.7. The van der Waals surface area contributed by atoms with Gasteiger partial charge in [-0.05, 0) is 78.2 Å². The van der Waals surface area contributed by atoms with Gasteiger partial charge in [-0.15, -0.1) is 0 Å². The van der Waals surface area contributed by atoms with E-state index in [0.717, 1.165) is 68.4 Å². The lowest BCUT2D eigenvalue weighted by atomic mass is 9.73. The van der Waals surface area contributed by atoms with Crippen molar-refractivity contribution in [2.45, 2.75) is 32.6 Å². The Morgan fingerprint density at radius 1 is 0.930 bits per heavy atom. The molecule has 210 valence electrons. The number of pyridine rings is 3. The van der Waals surface area contributed by atoms with E-state index in [2.05, 4.69) is 116 Å². The van der Waals surface area contributed by atoms with Crippen molar-refractivity contribution < 1.29 is 0 Å². The Bertz CT molecular complexity index is 1980. The third-order valence-corrected chi connectivity index (χ3v) is 8.71. The van der Waals surface area contributed by atoms with Gasteiger partial charge in [-0.3, -0.25) is 4.90 Å². The SMILES string of the molecule is C=CC1=C(N=C)N(c2ccccn2)c2ccc(-c3cccc(-c4ccc5ccc6c(c5n4)CC(C)C=C6)n3)cc2C1(C)C. The van der Waals surface area contributed by atoms with Crippen molar-refractivity contribution in [1.82, 2.24) is 15.0 Å². The van der Waals surface area contributed by atoms with E-state index >= 15 is 0 Å². The van der Waals surface area contributed by atoms with Crippen LogP contribution in [-0.4, -0.2) is 21.7 Å². The summed E-state index contributed by atoms with van der Waals surface area (Å²) < 4.78 is 0. The average molecular weight is 560 g/mol. The van der Waals surface area contributed by atoms with Crippen LogP contribution in [0.3, 0.4) is 0 Å². The second-order valence-corrected chi connectivity index (χ2v) is 11.8. The van der Waals surface area contributed by atoms with Crippen molar-refractivity contribution in [3.05, 3.63) is 132 Å². The minimum Gasteiger partial charge on any atom is -0.278 e. The summed E-state index contributed by atoms with van der Waals surface area (Å²) in [5, 5.41) is 1.16. The molecule has 43 heavy (non-hydrogen) atoms. The zero-order chi connectivity index (χ0) is 29.7. The molecular weight excluding hydrogens is 526 g/mol. The molecule has 2 aliphatic rings. The molecule has 0 fully saturated rings. The Labute approximate surface area is 252 Å². The molecule has 0 spiro atoms. The van der Waals surface area contributed by atoms with Crippen molar-refractivity contribution in [2.24, 2.45) is 10.9 Å². The van der Waals surface area contributed by atoms with Crippen molar-refractivity contribution in [2.75, 3.05) is 4.90 Å². The van der Waals surface area contributed by atoms with Gasteiger partial charge in [-0.2, -0.15) is 0 Å². The van der Waals surface area contributed by atoms with Gasteiger partial charge in [0.25, 0.3) is 0 Å². The molecule has 0 amide bonds. The normalized spacial score (nSPS) is 17.0. The monoisotopic (exact) mass is 559 g/mol. The standard InChI is InChI=1S/C38H33N5/c1-6-29-37(39-5)43(35-12-7-8-21-40-35)34-20-18-27(23-30(34)38(29,3)4)31-10-9-11-32(41-31)33-19-17-26-16-15-25-14-13-24(2)22-28(25)36(26)42-33/h6-21,23-24H,1,5,22H2,2-4H3. The maximum Gasteiger partial charge on any atom is 0.142 e. The number of hydrogen-bond donors (Lipinski definition) is 0. The van der Waals surface area contributed by atoms with Crippen LogP contribution in [-0.2, 0) is 11.8 Å². The summed E-state index contributed by atoms with van der Waals surface area (Å²) in [6.45, 7) is 14.7. The highest BCUT2D eigenvalue weighted by Crippen LogP contribution is 2.49. The Balaban J connectivity index is 1.33. The number of allylic oxidation sites excluding steroid dienone is 3. The summed E-state index contributed by atoms with van der Waals surface area (Å²) in [5.41, 5.74) is 10.1. The lowest BCUT2D eigenvalue weighted by molar-refractivity contribution is 0.616. The molecule has 5 heteroatoms. The van der Waals surface area contributed by atoms with Gasteiger partial charge in [-0.25, -0.2) is 19.9 Å². The molecule has 3 aromatic heterocycles. The number of anilines is 2. The summed E-state index contributed by atoms with van der Waals surface area (Å²) in [4.78, 5) is 21.4. The number of rotatable bonds is 5. The quantitative estimate of drug-likeness (QED) is 0.202. The molecule has 4 heterocycles. The second kappa shape index (κ2) is 10.3. The zero-order valence-electron chi connectivity index (χ0n) is 24.7. The molecule has 0 saturated heterocycles. The predicted molar refractivity (Wildman–Crippen MR) is 178 cm³/mol. The fourth-order valence-electron chi connectivity index (χ4n) is 6.44. The highest BCUT2D eigenvalue weighted by molar-refractivity contribution is 5.88. The Kier molecular flexibility index (Phi) is 6.39. The topological polar surface area (TPSA) is 54.3 Å². The van der Waals surface area contributed by atoms with Gasteiger partial charge in [0, 0.05) is 28.1 Å². The Morgan fingerprint density at radius 2 is 1.74 bits per heavy atom. The molecule has 2 aromatic carbocycles. The van der Waals surface area contributed by atoms with E-state index in [4.69, 9.17) is 9.97 Å². The Morgan fingerprint density at radius 3 is 2.53 bits per heavy atom. The first-order chi connectivity index (χ1) is 20.9. The van der Waals surface area contributed by atoms with E-state index in [1.807, 2.05) is 30.3 Å². The molecule has 1 unspecified atom stereocenters. The summed E-state index contributed by atoms with van der Waals surface area (Å²) in [5.74, 6) is 2.03. The molecular formula is C38H33N5. The molecule has 0 N–H and O–H groups in total. The van der Waals surface area contributed by atoms with E-state index in [1.54, 1.807) is 6.20 Å². The van der Waals surface area contributed by atoms with Crippen LogP contribution < -0.4 is 4.90 Å². The van der Waals surface area contributed by atoms with Crippen LogP contribution in [0.15, 0.2) is 120 Å². The van der Waals surface area contributed by atoms with E-state index in [1.165, 1.54) is 11.1 Å². The molecule has 5 aromatic rings. The van der Waals surface area contributed by atoms with Crippen molar-refractivity contribution in [3.63, 3.8) is 0 Å². The minimum absolute atomic E-state index is 0.364. The first kappa shape index (κ1) is 26.7. The van der Waals surface area contributed by atoms with Crippen LogP contribution >= 0.6 is 0 Å². The molecule has 7 rings (SSSR count). The van der Waals surface area contributed by atoms with Crippen LogP contribution in [0.5, 0.6) is 0 Å². The van der Waals surface area contributed by atoms with E-state index in [9.17, 15) is 0 Å². The molecule has 0 radical (unpaired) electrons. The molecule has 1 aliphatic heterocycles. The summed E-state index contributed by atoms with van der Waals surface area (Å²) >= 11 is 0. The highest BCUT2D eigenvalue weighted by atomic mass is 15.3. The molecule has 5 nitrogen and oxygen atoms in total. The summed E-state index contributed by atoms with van der Waals surface area (Å²) in [6.07, 6.45) is 9.18. The highest BCUT2D eigenvalue weighted by Gasteiger charge is 2.38. The maximum atomic E-state index is 5.16. The molecule has 0 bridgehead atoms. The number of hydrogen-bond acceptors (Lipinski definition) is 5. The number of benzene rings is 2. The first-order valence-electron chi connectivity index (χ1n) is 14.7. The number of fused-ring (bicyclic) bond motifs is 4. The lowest BCUT2D eigenvalue weighted by Gasteiger charge is -2.41. The van der Waals surface area contributed by atoms with Gasteiger partial charge in [0.15, 0.2) is 0 Å². The van der Waals surface area contributed by atoms with Crippen LogP contribution in [0, 0.1) is 5.92 Å². The van der Waals surface area contributed by atoms with E-state index in [-0.39, 0.29) is 5.41 Å². The van der Waals surface area contributed by atoms with Gasteiger partial charge >= 0.3 is 0 Å². The largest absolute Gasteiger partial charge is 0.278 e. The predicted octanol–water partition coefficient (Wildman–Crippen LogP) is 9.09. The minimum atomic E-state index is -0.364. The van der Waals surface area contributed by atoms with Crippen molar-refractivity contribution in [1.29, 1.82) is 0 Å². The van der Waals surface area contributed by atoms with Crippen LogP contribution in [0.4, 0.5) is 11.5 Å².